The molecule has 5 heteroatoms. The summed E-state index contributed by atoms with van der Waals surface area (Å²) >= 11 is 6.07. The zero-order chi connectivity index (χ0) is 21.1. The summed E-state index contributed by atoms with van der Waals surface area (Å²) in [6.07, 6.45) is 2.72. The SMILES string of the molecule is COC(=O)c1cc(Cl)ccc1Cc1ccc2c(ccn2Cc2ccc(OC)cc2)c1. The topological polar surface area (TPSA) is 40.5 Å². The Hall–Kier alpha value is -3.24. The first-order valence-electron chi connectivity index (χ1n) is 9.65. The van der Waals surface area contributed by atoms with E-state index in [0.717, 1.165) is 28.8 Å². The Bertz CT molecular complexity index is 1190. The molecule has 0 bridgehead atoms. The van der Waals surface area contributed by atoms with Gasteiger partial charge in [-0.3, -0.25) is 0 Å². The van der Waals surface area contributed by atoms with Crippen LogP contribution in [0, 0.1) is 0 Å². The number of ether oxygens (including phenoxy) is 2. The van der Waals surface area contributed by atoms with Gasteiger partial charge in [0, 0.05) is 23.3 Å². The van der Waals surface area contributed by atoms with E-state index in [1.165, 1.54) is 18.2 Å². The largest absolute Gasteiger partial charge is 0.497 e. The van der Waals surface area contributed by atoms with Gasteiger partial charge in [0.05, 0.1) is 19.8 Å². The van der Waals surface area contributed by atoms with E-state index in [-0.39, 0.29) is 5.97 Å². The molecule has 0 aliphatic heterocycles. The Morgan fingerprint density at radius 3 is 2.43 bits per heavy atom. The maximum atomic E-state index is 12.1. The second kappa shape index (κ2) is 8.64. The molecule has 4 aromatic rings. The van der Waals surface area contributed by atoms with Crippen LogP contribution in [0.25, 0.3) is 10.9 Å². The number of aromatic nitrogens is 1. The molecule has 30 heavy (non-hydrogen) atoms. The molecule has 0 aliphatic rings. The molecular formula is C25H22ClNO3. The van der Waals surface area contributed by atoms with Crippen molar-refractivity contribution in [2.45, 2.75) is 13.0 Å². The lowest BCUT2D eigenvalue weighted by molar-refractivity contribution is 0.0599. The highest BCUT2D eigenvalue weighted by atomic mass is 35.5. The molecule has 0 unspecified atom stereocenters. The average Bonchev–Trinajstić information content (AvgIpc) is 3.17. The molecule has 0 saturated carbocycles. The second-order valence-electron chi connectivity index (χ2n) is 7.15. The normalized spacial score (nSPS) is 10.9. The summed E-state index contributed by atoms with van der Waals surface area (Å²) < 4.78 is 12.4. The minimum Gasteiger partial charge on any atom is -0.497 e. The van der Waals surface area contributed by atoms with E-state index in [1.807, 2.05) is 18.2 Å². The van der Waals surface area contributed by atoms with E-state index < -0.39 is 0 Å². The summed E-state index contributed by atoms with van der Waals surface area (Å²) in [5.74, 6) is 0.480. The third-order valence-electron chi connectivity index (χ3n) is 5.22. The van der Waals surface area contributed by atoms with Crippen LogP contribution < -0.4 is 4.74 Å². The number of carbonyl (C=O) groups is 1. The molecule has 4 nitrogen and oxygen atoms in total. The molecule has 0 atom stereocenters. The smallest absolute Gasteiger partial charge is 0.338 e. The standard InChI is InChI=1S/C25H22ClNO3/c1-29-22-8-3-17(4-9-22)16-27-12-11-20-14-18(5-10-24(20)27)13-19-6-7-21(26)15-23(19)25(28)30-2/h3-12,14-15H,13,16H2,1-2H3. The van der Waals surface area contributed by atoms with Crippen molar-refractivity contribution in [3.05, 3.63) is 100 Å². The van der Waals surface area contributed by atoms with Gasteiger partial charge in [-0.15, -0.1) is 0 Å². The van der Waals surface area contributed by atoms with Crippen LogP contribution in [0.1, 0.15) is 27.0 Å². The Morgan fingerprint density at radius 2 is 1.70 bits per heavy atom. The number of hydrogen-bond donors (Lipinski definition) is 0. The molecule has 0 spiro atoms. The van der Waals surface area contributed by atoms with Crippen molar-refractivity contribution < 1.29 is 14.3 Å². The number of hydrogen-bond acceptors (Lipinski definition) is 3. The lowest BCUT2D eigenvalue weighted by atomic mass is 9.99. The van der Waals surface area contributed by atoms with E-state index in [4.69, 9.17) is 21.1 Å². The molecular weight excluding hydrogens is 398 g/mol. The maximum Gasteiger partial charge on any atom is 0.338 e. The Morgan fingerprint density at radius 1 is 0.933 bits per heavy atom. The Balaban J connectivity index is 1.59. The van der Waals surface area contributed by atoms with E-state index in [9.17, 15) is 4.79 Å². The molecule has 0 aliphatic carbocycles. The molecule has 0 radical (unpaired) electrons. The van der Waals surface area contributed by atoms with Gasteiger partial charge < -0.3 is 14.0 Å². The number of methoxy groups -OCH3 is 2. The highest BCUT2D eigenvalue weighted by molar-refractivity contribution is 6.31. The van der Waals surface area contributed by atoms with E-state index in [2.05, 4.69) is 47.2 Å². The predicted molar refractivity (Wildman–Crippen MR) is 120 cm³/mol. The molecule has 1 heterocycles. The van der Waals surface area contributed by atoms with E-state index in [0.29, 0.717) is 17.0 Å². The summed E-state index contributed by atoms with van der Waals surface area (Å²) in [5, 5.41) is 1.68. The summed E-state index contributed by atoms with van der Waals surface area (Å²) in [5.41, 5.74) is 4.89. The van der Waals surface area contributed by atoms with Crippen LogP contribution in [0.5, 0.6) is 5.75 Å². The lowest BCUT2D eigenvalue weighted by Gasteiger charge is -2.10. The van der Waals surface area contributed by atoms with Crippen LogP contribution in [0.3, 0.4) is 0 Å². The van der Waals surface area contributed by atoms with Crippen LogP contribution in [-0.4, -0.2) is 24.8 Å². The highest BCUT2D eigenvalue weighted by Crippen LogP contribution is 2.24. The number of esters is 1. The van der Waals surface area contributed by atoms with Crippen LogP contribution in [0.2, 0.25) is 5.02 Å². The Labute approximate surface area is 180 Å². The molecule has 152 valence electrons. The van der Waals surface area contributed by atoms with E-state index >= 15 is 0 Å². The minimum atomic E-state index is -0.376. The van der Waals surface area contributed by atoms with Crippen LogP contribution >= 0.6 is 11.6 Å². The molecule has 3 aromatic carbocycles. The van der Waals surface area contributed by atoms with Crippen molar-refractivity contribution in [2.24, 2.45) is 0 Å². The number of rotatable bonds is 6. The molecule has 0 N–H and O–H groups in total. The van der Waals surface area contributed by atoms with Gasteiger partial charge in [0.25, 0.3) is 0 Å². The fourth-order valence-corrected chi connectivity index (χ4v) is 3.82. The lowest BCUT2D eigenvalue weighted by Crippen LogP contribution is -2.06. The average molecular weight is 420 g/mol. The van der Waals surface area contributed by atoms with Gasteiger partial charge in [-0.1, -0.05) is 35.9 Å². The molecule has 0 fully saturated rings. The van der Waals surface area contributed by atoms with Gasteiger partial charge >= 0.3 is 5.97 Å². The zero-order valence-corrected chi connectivity index (χ0v) is 17.6. The predicted octanol–water partition coefficient (Wildman–Crippen LogP) is 5.73. The summed E-state index contributed by atoms with van der Waals surface area (Å²) in [6.45, 7) is 0.788. The first kappa shape index (κ1) is 20.0. The zero-order valence-electron chi connectivity index (χ0n) is 16.9. The molecule has 0 amide bonds. The number of carbonyl (C=O) groups excluding carboxylic acids is 1. The summed E-state index contributed by atoms with van der Waals surface area (Å²) in [7, 11) is 3.05. The van der Waals surface area contributed by atoms with Crippen molar-refractivity contribution in [2.75, 3.05) is 14.2 Å². The van der Waals surface area contributed by atoms with Crippen molar-refractivity contribution in [3.8, 4) is 5.75 Å². The number of halogens is 1. The van der Waals surface area contributed by atoms with Crippen molar-refractivity contribution >= 4 is 28.5 Å². The van der Waals surface area contributed by atoms with Crippen molar-refractivity contribution in [1.82, 2.24) is 4.57 Å². The van der Waals surface area contributed by atoms with Crippen molar-refractivity contribution in [1.29, 1.82) is 0 Å². The monoisotopic (exact) mass is 419 g/mol. The Kier molecular flexibility index (Phi) is 5.77. The molecule has 0 saturated heterocycles. The van der Waals surface area contributed by atoms with Crippen LogP contribution in [0.4, 0.5) is 0 Å². The van der Waals surface area contributed by atoms with Crippen LogP contribution in [0.15, 0.2) is 72.9 Å². The molecule has 4 rings (SSSR count). The molecule has 1 aromatic heterocycles. The van der Waals surface area contributed by atoms with Crippen molar-refractivity contribution in [3.63, 3.8) is 0 Å². The number of benzene rings is 3. The summed E-state index contributed by atoms with van der Waals surface area (Å²) in [6, 6.07) is 22.0. The number of fused-ring (bicyclic) bond motifs is 1. The minimum absolute atomic E-state index is 0.376. The summed E-state index contributed by atoms with van der Waals surface area (Å²) in [4.78, 5) is 12.1. The quantitative estimate of drug-likeness (QED) is 0.375. The fourth-order valence-electron chi connectivity index (χ4n) is 3.65. The highest BCUT2D eigenvalue weighted by Gasteiger charge is 2.13. The first-order chi connectivity index (χ1) is 14.6. The third kappa shape index (κ3) is 4.19. The van der Waals surface area contributed by atoms with Gasteiger partial charge in [-0.2, -0.15) is 0 Å². The fraction of sp³-hybridized carbons (Fsp3) is 0.160. The van der Waals surface area contributed by atoms with Crippen LogP contribution in [-0.2, 0) is 17.7 Å². The van der Waals surface area contributed by atoms with Gasteiger partial charge in [0.15, 0.2) is 0 Å². The van der Waals surface area contributed by atoms with Gasteiger partial charge in [0.2, 0.25) is 0 Å². The first-order valence-corrected chi connectivity index (χ1v) is 10.0. The maximum absolute atomic E-state index is 12.1. The van der Waals surface area contributed by atoms with Gasteiger partial charge in [-0.25, -0.2) is 4.79 Å². The third-order valence-corrected chi connectivity index (χ3v) is 5.45. The van der Waals surface area contributed by atoms with Gasteiger partial charge in [-0.05, 0) is 71.0 Å². The van der Waals surface area contributed by atoms with Gasteiger partial charge in [0.1, 0.15) is 5.75 Å². The second-order valence-corrected chi connectivity index (χ2v) is 7.59. The number of nitrogens with zero attached hydrogens (tertiary/aromatic N) is 1. The van der Waals surface area contributed by atoms with E-state index in [1.54, 1.807) is 19.2 Å².